The van der Waals surface area contributed by atoms with Crippen LogP contribution < -0.4 is 14.2 Å². The third kappa shape index (κ3) is 8.33. The Morgan fingerprint density at radius 1 is 1.02 bits per heavy atom. The summed E-state index contributed by atoms with van der Waals surface area (Å²) in [5.74, 6) is -0.595. The zero-order chi connectivity index (χ0) is 29.4. The molecule has 0 radical (unpaired) electrons. The molecule has 2 N–H and O–H groups in total. The van der Waals surface area contributed by atoms with Gasteiger partial charge in [0.2, 0.25) is 0 Å². The molecule has 0 bridgehead atoms. The molecule has 9 nitrogen and oxygen atoms in total. The third-order valence-electron chi connectivity index (χ3n) is 6.43. The summed E-state index contributed by atoms with van der Waals surface area (Å²) in [6.45, 7) is 11.7. The Hall–Kier alpha value is -2.89. The van der Waals surface area contributed by atoms with Crippen LogP contribution >= 0.6 is 17.0 Å². The number of hydrogen-bond donors (Lipinski definition) is 2. The van der Waals surface area contributed by atoms with E-state index in [0.717, 1.165) is 0 Å². The fourth-order valence-corrected chi connectivity index (χ4v) is 4.46. The number of carbonyl (C=O) groups excluding carboxylic acids is 1. The molecule has 0 aromatic heterocycles. The van der Waals surface area contributed by atoms with Gasteiger partial charge in [-0.25, -0.2) is 4.39 Å². The lowest BCUT2D eigenvalue weighted by molar-refractivity contribution is 0.0642. The van der Waals surface area contributed by atoms with Crippen molar-refractivity contribution in [2.75, 3.05) is 53.3 Å². The van der Waals surface area contributed by atoms with Crippen molar-refractivity contribution < 1.29 is 38.0 Å². The van der Waals surface area contributed by atoms with Gasteiger partial charge in [0.25, 0.3) is 0 Å². The van der Waals surface area contributed by atoms with Crippen molar-refractivity contribution in [3.05, 3.63) is 46.3 Å². The predicted octanol–water partition coefficient (Wildman–Crippen LogP) is 5.66. The van der Waals surface area contributed by atoms with E-state index in [1.54, 1.807) is 33.1 Å². The first-order valence-electron chi connectivity index (χ1n) is 13.6. The molecule has 0 unspecified atom stereocenters. The number of nitrogens with one attached hydrogen (secondary N) is 1. The van der Waals surface area contributed by atoms with Gasteiger partial charge in [0.15, 0.2) is 34.6 Å². The number of carbonyl (C=O) groups is 1. The van der Waals surface area contributed by atoms with Crippen molar-refractivity contribution in [2.45, 2.75) is 53.0 Å². The smallest absolute Gasteiger partial charge is 0.197 e. The normalized spacial score (nSPS) is 12.7. The van der Waals surface area contributed by atoms with Gasteiger partial charge in [0, 0.05) is 37.8 Å². The number of ether oxygens (including phenoxy) is 5. The number of hydrogen-bond acceptors (Lipinski definition) is 8. The molecule has 2 aromatic carbocycles. The monoisotopic (exact) mass is 640 g/mol. The largest absolute Gasteiger partial charge is 0.504 e. The molecule has 3 rings (SSSR count). The standard InChI is InChI=1S/C30H41FN2O7.BrH/c1-7-38-24-16-20-17-33(29(32)25(20)26(31)28(24)39-8-2)18-22(34)19-14-21(30(3,4)5)27(35)23(15-19)40-11-9-10-37-13-12-36-6;/h14-16,32,35H,7-13,17-18H2,1-6H3;1H. The van der Waals surface area contributed by atoms with Crippen LogP contribution in [-0.4, -0.2) is 74.9 Å². The van der Waals surface area contributed by atoms with E-state index in [9.17, 15) is 9.90 Å². The molecule has 0 saturated carbocycles. The van der Waals surface area contributed by atoms with Gasteiger partial charge in [-0.1, -0.05) is 20.8 Å². The van der Waals surface area contributed by atoms with Crippen LogP contribution in [0.25, 0.3) is 0 Å². The number of halogens is 2. The molecule has 1 heterocycles. The molecule has 0 saturated heterocycles. The highest BCUT2D eigenvalue weighted by Crippen LogP contribution is 2.41. The minimum absolute atomic E-state index is 0. The summed E-state index contributed by atoms with van der Waals surface area (Å²) in [5, 5.41) is 19.6. The molecule has 0 aliphatic carbocycles. The quantitative estimate of drug-likeness (QED) is 0.190. The van der Waals surface area contributed by atoms with Gasteiger partial charge in [-0.05, 0) is 43.0 Å². The number of Topliss-reactive ketones (excluding diaryl/α,β-unsaturated/α-hetero) is 1. The summed E-state index contributed by atoms with van der Waals surface area (Å²) in [6.07, 6.45) is 0.592. The molecular formula is C30H42BrFN2O7. The second kappa shape index (κ2) is 15.4. The molecule has 1 aliphatic rings. The van der Waals surface area contributed by atoms with E-state index < -0.39 is 11.2 Å². The maximum Gasteiger partial charge on any atom is 0.197 e. The molecule has 0 amide bonds. The molecule has 0 spiro atoms. The molecule has 228 valence electrons. The average molecular weight is 642 g/mol. The Morgan fingerprint density at radius 3 is 2.37 bits per heavy atom. The molecule has 11 heteroatoms. The first-order valence-corrected chi connectivity index (χ1v) is 13.6. The molecular weight excluding hydrogens is 599 g/mol. The van der Waals surface area contributed by atoms with Crippen molar-refractivity contribution in [3.8, 4) is 23.0 Å². The van der Waals surface area contributed by atoms with Crippen LogP contribution in [0.15, 0.2) is 18.2 Å². The van der Waals surface area contributed by atoms with Gasteiger partial charge in [0.05, 0.1) is 45.1 Å². The number of phenolic OH excluding ortho intramolecular Hbond substituents is 1. The van der Waals surface area contributed by atoms with Crippen LogP contribution in [-0.2, 0) is 21.4 Å². The average Bonchev–Trinajstić information content (AvgIpc) is 3.20. The minimum atomic E-state index is -0.663. The van der Waals surface area contributed by atoms with Gasteiger partial charge in [-0.15, -0.1) is 17.0 Å². The van der Waals surface area contributed by atoms with Crippen LogP contribution in [0.1, 0.15) is 68.1 Å². The summed E-state index contributed by atoms with van der Waals surface area (Å²) in [6, 6.07) is 4.85. The number of ketones is 1. The van der Waals surface area contributed by atoms with Gasteiger partial charge in [0.1, 0.15) is 5.84 Å². The van der Waals surface area contributed by atoms with Crippen molar-refractivity contribution in [2.24, 2.45) is 0 Å². The fourth-order valence-electron chi connectivity index (χ4n) is 4.46. The lowest BCUT2D eigenvalue weighted by Gasteiger charge is -2.24. The highest BCUT2D eigenvalue weighted by molar-refractivity contribution is 8.93. The first-order chi connectivity index (χ1) is 19.0. The number of methoxy groups -OCH3 is 1. The van der Waals surface area contributed by atoms with Gasteiger partial charge < -0.3 is 33.7 Å². The highest BCUT2D eigenvalue weighted by Gasteiger charge is 2.33. The number of fused-ring (bicyclic) bond motifs is 1. The van der Waals surface area contributed by atoms with E-state index in [1.165, 1.54) is 11.0 Å². The molecule has 0 atom stereocenters. The minimum Gasteiger partial charge on any atom is -0.504 e. The van der Waals surface area contributed by atoms with Gasteiger partial charge >= 0.3 is 0 Å². The predicted molar refractivity (Wildman–Crippen MR) is 160 cm³/mol. The van der Waals surface area contributed by atoms with E-state index >= 15 is 4.39 Å². The van der Waals surface area contributed by atoms with Crippen molar-refractivity contribution >= 4 is 28.6 Å². The Kier molecular flexibility index (Phi) is 12.9. The number of nitrogens with zero attached hydrogens (tertiary/aromatic N) is 1. The fraction of sp³-hybridized carbons (Fsp3) is 0.533. The Balaban J connectivity index is 0.00000588. The lowest BCUT2D eigenvalue weighted by Crippen LogP contribution is -2.30. The lowest BCUT2D eigenvalue weighted by atomic mass is 9.84. The summed E-state index contributed by atoms with van der Waals surface area (Å²) >= 11 is 0. The van der Waals surface area contributed by atoms with E-state index in [-0.39, 0.29) is 83.5 Å². The van der Waals surface area contributed by atoms with Crippen molar-refractivity contribution in [1.82, 2.24) is 4.90 Å². The summed E-state index contributed by atoms with van der Waals surface area (Å²) in [7, 11) is 1.61. The van der Waals surface area contributed by atoms with E-state index in [4.69, 9.17) is 29.1 Å². The van der Waals surface area contributed by atoms with E-state index in [1.807, 2.05) is 20.8 Å². The number of aromatic hydroxyl groups is 1. The zero-order valence-electron chi connectivity index (χ0n) is 24.7. The van der Waals surface area contributed by atoms with Crippen LogP contribution in [0.2, 0.25) is 0 Å². The topological polar surface area (TPSA) is 111 Å². The van der Waals surface area contributed by atoms with E-state index in [2.05, 4.69) is 0 Å². The maximum absolute atomic E-state index is 15.4. The number of phenols is 1. The summed E-state index contributed by atoms with van der Waals surface area (Å²) < 4.78 is 42.7. The molecule has 41 heavy (non-hydrogen) atoms. The van der Waals surface area contributed by atoms with Crippen molar-refractivity contribution in [1.29, 1.82) is 5.41 Å². The van der Waals surface area contributed by atoms with Gasteiger partial charge in [-0.2, -0.15) is 0 Å². The molecule has 0 fully saturated rings. The van der Waals surface area contributed by atoms with Crippen LogP contribution in [0.3, 0.4) is 0 Å². The Bertz CT molecular complexity index is 1220. The first kappa shape index (κ1) is 34.3. The SMILES string of the molecule is Br.CCOc1cc2c(c(F)c1OCC)C(=N)N(CC(=O)c1cc(OCCCOCCOC)c(O)c(C(C)(C)C)c1)C2. The Morgan fingerprint density at radius 2 is 1.73 bits per heavy atom. The molecule has 1 aliphatic heterocycles. The van der Waals surface area contributed by atoms with Crippen LogP contribution in [0, 0.1) is 11.2 Å². The second-order valence-corrected chi connectivity index (χ2v) is 10.5. The van der Waals surface area contributed by atoms with Crippen LogP contribution in [0.4, 0.5) is 4.39 Å². The van der Waals surface area contributed by atoms with Crippen molar-refractivity contribution in [3.63, 3.8) is 0 Å². The number of amidine groups is 1. The highest BCUT2D eigenvalue weighted by atomic mass is 79.9. The van der Waals surface area contributed by atoms with Crippen LogP contribution in [0.5, 0.6) is 23.0 Å². The Labute approximate surface area is 252 Å². The maximum atomic E-state index is 15.4. The summed E-state index contributed by atoms with van der Waals surface area (Å²) in [5.41, 5.74) is 1.10. The number of rotatable bonds is 15. The second-order valence-electron chi connectivity index (χ2n) is 10.5. The molecule has 2 aromatic rings. The zero-order valence-corrected chi connectivity index (χ0v) is 26.4. The third-order valence-corrected chi connectivity index (χ3v) is 6.43. The number of benzene rings is 2. The summed E-state index contributed by atoms with van der Waals surface area (Å²) in [4.78, 5) is 15.0. The van der Waals surface area contributed by atoms with E-state index in [0.29, 0.717) is 49.5 Å². The van der Waals surface area contributed by atoms with Gasteiger partial charge in [-0.3, -0.25) is 10.2 Å².